The molecule has 0 saturated carbocycles. The molecule has 1 N–H and O–H groups in total. The van der Waals surface area contributed by atoms with Crippen LogP contribution in [0.2, 0.25) is 0 Å². The van der Waals surface area contributed by atoms with Crippen molar-refractivity contribution in [2.24, 2.45) is 0 Å². The molecule has 0 aliphatic heterocycles. The SMILES string of the molecule is CC[C@@H](C(=O)O)n1nc(C(F)F)c([N+](=O)[O-])c1C. The molecule has 0 fully saturated rings. The minimum absolute atomic E-state index is 0.0810. The first-order chi connectivity index (χ1) is 8.31. The lowest BCUT2D eigenvalue weighted by Gasteiger charge is -2.11. The van der Waals surface area contributed by atoms with Gasteiger partial charge >= 0.3 is 11.7 Å². The molecule has 18 heavy (non-hydrogen) atoms. The summed E-state index contributed by atoms with van der Waals surface area (Å²) in [6, 6.07) is -1.20. The molecule has 7 nitrogen and oxygen atoms in total. The molecule has 1 aromatic rings. The zero-order chi connectivity index (χ0) is 14.0. The van der Waals surface area contributed by atoms with Crippen molar-refractivity contribution in [2.45, 2.75) is 32.7 Å². The maximum atomic E-state index is 12.6. The third kappa shape index (κ3) is 2.29. The van der Waals surface area contributed by atoms with Crippen molar-refractivity contribution >= 4 is 11.7 Å². The van der Waals surface area contributed by atoms with Crippen LogP contribution in [0.5, 0.6) is 0 Å². The Bertz CT molecular complexity index is 486. The van der Waals surface area contributed by atoms with E-state index in [9.17, 15) is 23.7 Å². The number of carbonyl (C=O) groups is 1. The van der Waals surface area contributed by atoms with Crippen LogP contribution in [0.3, 0.4) is 0 Å². The van der Waals surface area contributed by atoms with E-state index < -0.39 is 34.7 Å². The molecule has 0 radical (unpaired) electrons. The van der Waals surface area contributed by atoms with Crippen molar-refractivity contribution in [1.29, 1.82) is 0 Å². The Morgan fingerprint density at radius 2 is 2.17 bits per heavy atom. The molecule has 1 atom stereocenters. The topological polar surface area (TPSA) is 98.3 Å². The van der Waals surface area contributed by atoms with Crippen LogP contribution in [-0.2, 0) is 4.79 Å². The number of aromatic nitrogens is 2. The Hall–Kier alpha value is -2.06. The monoisotopic (exact) mass is 263 g/mol. The standard InChI is InChI=1S/C9H11F2N3O4/c1-3-5(9(15)16)13-4(2)7(14(17)18)6(12-13)8(10)11/h5,8H,3H2,1-2H3,(H,15,16)/t5-/m0/s1. The van der Waals surface area contributed by atoms with Crippen molar-refractivity contribution in [1.82, 2.24) is 9.78 Å². The van der Waals surface area contributed by atoms with Gasteiger partial charge in [0.25, 0.3) is 6.43 Å². The van der Waals surface area contributed by atoms with Gasteiger partial charge in [-0.25, -0.2) is 18.3 Å². The van der Waals surface area contributed by atoms with Crippen molar-refractivity contribution in [2.75, 3.05) is 0 Å². The minimum atomic E-state index is -3.13. The quantitative estimate of drug-likeness (QED) is 0.647. The first-order valence-corrected chi connectivity index (χ1v) is 5.05. The van der Waals surface area contributed by atoms with Gasteiger partial charge in [0.15, 0.2) is 0 Å². The molecule has 0 unspecified atom stereocenters. The number of alkyl halides is 2. The highest BCUT2D eigenvalue weighted by molar-refractivity contribution is 5.72. The van der Waals surface area contributed by atoms with Gasteiger partial charge < -0.3 is 5.11 Å². The van der Waals surface area contributed by atoms with Crippen molar-refractivity contribution in [3.05, 3.63) is 21.5 Å². The highest BCUT2D eigenvalue weighted by atomic mass is 19.3. The second-order valence-corrected chi connectivity index (χ2v) is 3.58. The van der Waals surface area contributed by atoms with E-state index >= 15 is 0 Å². The Kier molecular flexibility index (Phi) is 3.94. The zero-order valence-corrected chi connectivity index (χ0v) is 9.63. The van der Waals surface area contributed by atoms with Gasteiger partial charge in [0.05, 0.1) is 4.92 Å². The third-order valence-corrected chi connectivity index (χ3v) is 2.50. The van der Waals surface area contributed by atoms with Gasteiger partial charge in [-0.15, -0.1) is 0 Å². The maximum Gasteiger partial charge on any atom is 0.328 e. The van der Waals surface area contributed by atoms with E-state index in [-0.39, 0.29) is 12.1 Å². The number of rotatable bonds is 5. The van der Waals surface area contributed by atoms with Crippen LogP contribution in [0.4, 0.5) is 14.5 Å². The fourth-order valence-corrected chi connectivity index (χ4v) is 1.66. The second-order valence-electron chi connectivity index (χ2n) is 3.58. The number of carboxylic acids is 1. The Morgan fingerprint density at radius 3 is 2.44 bits per heavy atom. The number of halogens is 2. The molecule has 0 aliphatic rings. The van der Waals surface area contributed by atoms with Crippen LogP contribution < -0.4 is 0 Å². The van der Waals surface area contributed by atoms with E-state index in [1.807, 2.05) is 0 Å². The third-order valence-electron chi connectivity index (χ3n) is 2.50. The number of aliphatic carboxylic acids is 1. The van der Waals surface area contributed by atoms with Crippen LogP contribution in [0.1, 0.15) is 37.2 Å². The first-order valence-electron chi connectivity index (χ1n) is 5.05. The zero-order valence-electron chi connectivity index (χ0n) is 9.63. The maximum absolute atomic E-state index is 12.6. The second kappa shape index (κ2) is 5.07. The van der Waals surface area contributed by atoms with Gasteiger partial charge in [0.1, 0.15) is 11.7 Å². The molecule has 0 aliphatic carbocycles. The van der Waals surface area contributed by atoms with E-state index in [0.717, 1.165) is 4.68 Å². The summed E-state index contributed by atoms with van der Waals surface area (Å²) < 4.78 is 26.0. The van der Waals surface area contributed by atoms with Crippen molar-refractivity contribution in [3.8, 4) is 0 Å². The van der Waals surface area contributed by atoms with Gasteiger partial charge in [0, 0.05) is 0 Å². The summed E-state index contributed by atoms with van der Waals surface area (Å²) in [5.41, 5.74) is -2.02. The number of hydrogen-bond acceptors (Lipinski definition) is 4. The van der Waals surface area contributed by atoms with E-state index in [2.05, 4.69) is 5.10 Å². The van der Waals surface area contributed by atoms with Crippen LogP contribution >= 0.6 is 0 Å². The fraction of sp³-hybridized carbons (Fsp3) is 0.556. The summed E-state index contributed by atoms with van der Waals surface area (Å²) in [6.45, 7) is 2.72. The molecule has 1 aromatic heterocycles. The van der Waals surface area contributed by atoms with Gasteiger partial charge in [-0.05, 0) is 13.3 Å². The fourth-order valence-electron chi connectivity index (χ4n) is 1.66. The largest absolute Gasteiger partial charge is 0.480 e. The number of nitro groups is 1. The van der Waals surface area contributed by atoms with E-state index in [4.69, 9.17) is 5.11 Å². The summed E-state index contributed by atoms with van der Waals surface area (Å²) in [5, 5.41) is 23.0. The molecular weight excluding hydrogens is 252 g/mol. The van der Waals surface area contributed by atoms with Crippen LogP contribution in [0.25, 0.3) is 0 Å². The lowest BCUT2D eigenvalue weighted by molar-refractivity contribution is -0.387. The van der Waals surface area contributed by atoms with E-state index in [0.29, 0.717) is 0 Å². The van der Waals surface area contributed by atoms with Gasteiger partial charge in [0.2, 0.25) is 5.69 Å². The van der Waals surface area contributed by atoms with Crippen molar-refractivity contribution in [3.63, 3.8) is 0 Å². The molecule has 100 valence electrons. The van der Waals surface area contributed by atoms with E-state index in [1.54, 1.807) is 0 Å². The summed E-state index contributed by atoms with van der Waals surface area (Å²) >= 11 is 0. The predicted octanol–water partition coefficient (Wildman–Crippen LogP) is 2.07. The Balaban J connectivity index is 3.44. The summed E-state index contributed by atoms with van der Waals surface area (Å²) in [4.78, 5) is 20.7. The average molecular weight is 263 g/mol. The molecule has 0 bridgehead atoms. The van der Waals surface area contributed by atoms with Gasteiger partial charge in [-0.3, -0.25) is 10.1 Å². The molecule has 0 aromatic carbocycles. The lowest BCUT2D eigenvalue weighted by atomic mass is 10.2. The average Bonchev–Trinajstić information content (AvgIpc) is 2.57. The first kappa shape index (κ1) is 14.0. The van der Waals surface area contributed by atoms with Crippen molar-refractivity contribution < 1.29 is 23.6 Å². The molecule has 1 rings (SSSR count). The number of nitrogens with zero attached hydrogens (tertiary/aromatic N) is 3. The highest BCUT2D eigenvalue weighted by Gasteiger charge is 2.34. The molecule has 9 heteroatoms. The molecule has 1 heterocycles. The van der Waals surface area contributed by atoms with Crippen LogP contribution in [0.15, 0.2) is 0 Å². The predicted molar refractivity (Wildman–Crippen MR) is 55.5 cm³/mol. The molecule has 0 amide bonds. The Labute approximate surface area is 100 Å². The lowest BCUT2D eigenvalue weighted by Crippen LogP contribution is -2.20. The van der Waals surface area contributed by atoms with Crippen LogP contribution in [-0.4, -0.2) is 25.8 Å². The van der Waals surface area contributed by atoms with Crippen LogP contribution in [0, 0.1) is 17.0 Å². The molecule has 0 spiro atoms. The summed E-state index contributed by atoms with van der Waals surface area (Å²) in [7, 11) is 0. The smallest absolute Gasteiger partial charge is 0.328 e. The summed E-state index contributed by atoms with van der Waals surface area (Å²) in [5.74, 6) is -1.28. The molecular formula is C9H11F2N3O4. The van der Waals surface area contributed by atoms with Gasteiger partial charge in [-0.2, -0.15) is 5.10 Å². The number of carboxylic acid groups (broad SMARTS) is 1. The summed E-state index contributed by atoms with van der Waals surface area (Å²) in [6.07, 6.45) is -3.05. The Morgan fingerprint density at radius 1 is 1.61 bits per heavy atom. The molecule has 0 saturated heterocycles. The van der Waals surface area contributed by atoms with E-state index in [1.165, 1.54) is 13.8 Å². The van der Waals surface area contributed by atoms with Gasteiger partial charge in [-0.1, -0.05) is 6.92 Å². The normalized spacial score (nSPS) is 12.7. The minimum Gasteiger partial charge on any atom is -0.480 e. The number of hydrogen-bond donors (Lipinski definition) is 1. The highest BCUT2D eigenvalue weighted by Crippen LogP contribution is 2.32.